The number of carbonyl (C=O) groups is 1. The predicted octanol–water partition coefficient (Wildman–Crippen LogP) is 5.45. The average molecular weight is 284 g/mol. The normalized spacial score (nSPS) is 17.0. The van der Waals surface area contributed by atoms with Crippen LogP contribution in [-0.4, -0.2) is 11.6 Å². The summed E-state index contributed by atoms with van der Waals surface area (Å²) in [6.45, 7) is 23.1. The van der Waals surface area contributed by atoms with Crippen LogP contribution in [0.4, 0.5) is 0 Å². The molecule has 0 radical (unpaired) electrons. The third-order valence-corrected chi connectivity index (χ3v) is 4.74. The highest BCUT2D eigenvalue weighted by molar-refractivity contribution is 5.78. The first-order valence-electron chi connectivity index (χ1n) is 7.76. The van der Waals surface area contributed by atoms with Gasteiger partial charge >= 0.3 is 5.97 Å². The molecule has 2 heteroatoms. The van der Waals surface area contributed by atoms with Crippen LogP contribution in [0.5, 0.6) is 0 Å². The van der Waals surface area contributed by atoms with E-state index in [1.165, 1.54) is 0 Å². The Bertz CT molecular complexity index is 339. The van der Waals surface area contributed by atoms with Crippen molar-refractivity contribution in [2.45, 2.75) is 88.2 Å². The van der Waals surface area contributed by atoms with E-state index in [1.54, 1.807) is 0 Å². The summed E-state index contributed by atoms with van der Waals surface area (Å²) in [6, 6.07) is 0. The topological polar surface area (TPSA) is 26.3 Å². The molecule has 1 unspecified atom stereocenters. The number of hydrogen-bond donors (Lipinski definition) is 0. The Balaban J connectivity index is 5.43. The van der Waals surface area contributed by atoms with E-state index in [4.69, 9.17) is 4.74 Å². The van der Waals surface area contributed by atoms with E-state index in [9.17, 15) is 4.79 Å². The van der Waals surface area contributed by atoms with Gasteiger partial charge in [0.15, 0.2) is 0 Å². The third kappa shape index (κ3) is 4.79. The van der Waals surface area contributed by atoms with Gasteiger partial charge in [0.2, 0.25) is 0 Å². The van der Waals surface area contributed by atoms with Gasteiger partial charge in [-0.25, -0.2) is 0 Å². The highest BCUT2D eigenvalue weighted by Gasteiger charge is 2.49. The summed E-state index contributed by atoms with van der Waals surface area (Å²) < 4.78 is 5.90. The van der Waals surface area contributed by atoms with Gasteiger partial charge < -0.3 is 4.74 Å². The van der Waals surface area contributed by atoms with Crippen LogP contribution < -0.4 is 0 Å². The molecule has 0 heterocycles. The Labute approximate surface area is 126 Å². The van der Waals surface area contributed by atoms with Crippen molar-refractivity contribution in [3.8, 4) is 0 Å². The number of hydrogen-bond acceptors (Lipinski definition) is 2. The smallest absolute Gasteiger partial charge is 0.312 e. The molecule has 0 fully saturated rings. The Morgan fingerprint density at radius 2 is 1.30 bits per heavy atom. The first kappa shape index (κ1) is 19.5. The molecule has 0 aromatic rings. The van der Waals surface area contributed by atoms with Crippen LogP contribution in [0.25, 0.3) is 0 Å². The van der Waals surface area contributed by atoms with Crippen LogP contribution in [0.3, 0.4) is 0 Å². The minimum Gasteiger partial charge on any atom is -0.459 e. The van der Waals surface area contributed by atoms with Gasteiger partial charge in [-0.15, -0.1) is 0 Å². The van der Waals surface area contributed by atoms with E-state index in [0.717, 1.165) is 6.42 Å². The molecular formula is C18H36O2. The minimum atomic E-state index is -0.489. The van der Waals surface area contributed by atoms with E-state index < -0.39 is 11.0 Å². The van der Waals surface area contributed by atoms with Crippen LogP contribution in [0.1, 0.15) is 82.6 Å². The maximum atomic E-state index is 12.9. The number of carbonyl (C=O) groups excluding carboxylic acids is 1. The van der Waals surface area contributed by atoms with E-state index >= 15 is 0 Å². The van der Waals surface area contributed by atoms with Crippen molar-refractivity contribution in [1.29, 1.82) is 0 Å². The fourth-order valence-electron chi connectivity index (χ4n) is 2.17. The molecule has 0 saturated heterocycles. The van der Waals surface area contributed by atoms with Crippen molar-refractivity contribution in [3.05, 3.63) is 0 Å². The standard InChI is InChI=1S/C18H36O2/c1-13(2)17(9,10)20-14(19)18(11,16(6,7)8)12-15(3,4)5/h13H,12H2,1-11H3. The summed E-state index contributed by atoms with van der Waals surface area (Å²) in [5, 5.41) is 0. The predicted molar refractivity (Wildman–Crippen MR) is 86.6 cm³/mol. The average Bonchev–Trinajstić information content (AvgIpc) is 2.11. The molecule has 20 heavy (non-hydrogen) atoms. The summed E-state index contributed by atoms with van der Waals surface area (Å²) in [5.41, 5.74) is -0.966. The molecule has 0 aliphatic rings. The fourth-order valence-corrected chi connectivity index (χ4v) is 2.17. The van der Waals surface area contributed by atoms with Gasteiger partial charge in [0.05, 0.1) is 5.41 Å². The summed E-state index contributed by atoms with van der Waals surface area (Å²) in [4.78, 5) is 12.9. The Hall–Kier alpha value is -0.530. The molecule has 0 aliphatic heterocycles. The van der Waals surface area contributed by atoms with E-state index in [2.05, 4.69) is 62.3 Å². The lowest BCUT2D eigenvalue weighted by atomic mass is 9.61. The van der Waals surface area contributed by atoms with Gasteiger partial charge in [-0.2, -0.15) is 0 Å². The van der Waals surface area contributed by atoms with Crippen LogP contribution >= 0.6 is 0 Å². The van der Waals surface area contributed by atoms with E-state index in [-0.39, 0.29) is 16.8 Å². The summed E-state index contributed by atoms with van der Waals surface area (Å²) in [5.74, 6) is 0.226. The summed E-state index contributed by atoms with van der Waals surface area (Å²) >= 11 is 0. The second kappa shape index (κ2) is 5.69. The quantitative estimate of drug-likeness (QED) is 0.641. The van der Waals surface area contributed by atoms with Crippen molar-refractivity contribution in [2.75, 3.05) is 0 Å². The molecule has 0 spiro atoms. The first-order valence-corrected chi connectivity index (χ1v) is 7.76. The number of esters is 1. The van der Waals surface area contributed by atoms with Gasteiger partial charge in [0, 0.05) is 0 Å². The summed E-state index contributed by atoms with van der Waals surface area (Å²) in [7, 11) is 0. The SMILES string of the molecule is CC(C)C(C)(C)OC(=O)C(C)(CC(C)(C)C)C(C)(C)C. The summed E-state index contributed by atoms with van der Waals surface area (Å²) in [6.07, 6.45) is 0.816. The van der Waals surface area contributed by atoms with Crippen LogP contribution in [0, 0.1) is 22.2 Å². The van der Waals surface area contributed by atoms with Crippen molar-refractivity contribution < 1.29 is 9.53 Å². The first-order chi connectivity index (χ1) is 8.53. The lowest BCUT2D eigenvalue weighted by Gasteiger charge is -2.45. The molecule has 0 saturated carbocycles. The second-order valence-electron chi connectivity index (χ2n) is 9.47. The molecule has 0 bridgehead atoms. The zero-order valence-corrected chi connectivity index (χ0v) is 15.6. The highest BCUT2D eigenvalue weighted by Crippen LogP contribution is 2.48. The number of rotatable bonds is 4. The molecule has 0 amide bonds. The molecule has 1 atom stereocenters. The van der Waals surface area contributed by atoms with Crippen LogP contribution in [0.2, 0.25) is 0 Å². The van der Waals surface area contributed by atoms with E-state index in [1.807, 2.05) is 13.8 Å². The lowest BCUT2D eigenvalue weighted by Crippen LogP contribution is -2.48. The Kier molecular flexibility index (Phi) is 5.54. The van der Waals surface area contributed by atoms with Crippen LogP contribution in [-0.2, 0) is 9.53 Å². The highest BCUT2D eigenvalue weighted by atomic mass is 16.6. The van der Waals surface area contributed by atoms with Gasteiger partial charge in [-0.1, -0.05) is 55.4 Å². The second-order valence-corrected chi connectivity index (χ2v) is 9.47. The lowest BCUT2D eigenvalue weighted by molar-refractivity contribution is -0.182. The van der Waals surface area contributed by atoms with Gasteiger partial charge in [-0.3, -0.25) is 4.79 Å². The van der Waals surface area contributed by atoms with Crippen molar-refractivity contribution in [3.63, 3.8) is 0 Å². The molecule has 0 rings (SSSR count). The molecule has 0 aliphatic carbocycles. The van der Waals surface area contributed by atoms with Gasteiger partial charge in [0.25, 0.3) is 0 Å². The molecule has 2 nitrogen and oxygen atoms in total. The van der Waals surface area contributed by atoms with Gasteiger partial charge in [-0.05, 0) is 43.9 Å². The zero-order chi connectivity index (χ0) is 16.6. The minimum absolute atomic E-state index is 0.0707. The Morgan fingerprint density at radius 3 is 1.55 bits per heavy atom. The molecule has 0 aromatic carbocycles. The van der Waals surface area contributed by atoms with Crippen molar-refractivity contribution >= 4 is 5.97 Å². The van der Waals surface area contributed by atoms with Crippen molar-refractivity contribution in [1.82, 2.24) is 0 Å². The molecule has 0 N–H and O–H groups in total. The zero-order valence-electron chi connectivity index (χ0n) is 15.6. The molecular weight excluding hydrogens is 248 g/mol. The monoisotopic (exact) mass is 284 g/mol. The number of ether oxygens (including phenoxy) is 1. The van der Waals surface area contributed by atoms with Gasteiger partial charge in [0.1, 0.15) is 5.60 Å². The van der Waals surface area contributed by atoms with E-state index in [0.29, 0.717) is 5.92 Å². The molecule has 120 valence electrons. The maximum Gasteiger partial charge on any atom is 0.312 e. The van der Waals surface area contributed by atoms with Crippen molar-refractivity contribution in [2.24, 2.45) is 22.2 Å². The fraction of sp³-hybridized carbons (Fsp3) is 0.944. The third-order valence-electron chi connectivity index (χ3n) is 4.74. The Morgan fingerprint density at radius 1 is 0.900 bits per heavy atom. The molecule has 0 aromatic heterocycles. The maximum absolute atomic E-state index is 12.9. The largest absolute Gasteiger partial charge is 0.459 e. The van der Waals surface area contributed by atoms with Crippen LogP contribution in [0.15, 0.2) is 0 Å².